The molecule has 158 valence electrons. The van der Waals surface area contributed by atoms with Crippen LogP contribution in [-0.4, -0.2) is 16.5 Å². The highest BCUT2D eigenvalue weighted by molar-refractivity contribution is 6.31. The van der Waals surface area contributed by atoms with Crippen molar-refractivity contribution >= 4 is 46.1 Å². The van der Waals surface area contributed by atoms with Gasteiger partial charge in [-0.05, 0) is 67.3 Å². The first-order valence-electron chi connectivity index (χ1n) is 10.2. The van der Waals surface area contributed by atoms with Gasteiger partial charge in [0.25, 0.3) is 5.91 Å². The highest BCUT2D eigenvalue weighted by Gasteiger charge is 2.35. The van der Waals surface area contributed by atoms with Crippen LogP contribution < -0.4 is 10.2 Å². The van der Waals surface area contributed by atoms with Crippen LogP contribution >= 0.6 is 11.6 Å². The molecule has 0 unspecified atom stereocenters. The number of hydrogen-bond donors (Lipinski definition) is 1. The van der Waals surface area contributed by atoms with E-state index in [0.29, 0.717) is 10.7 Å². The third-order valence-electron chi connectivity index (χ3n) is 5.74. The molecular formula is C26H20ClN3O2. The molecule has 2 heterocycles. The maximum Gasteiger partial charge on any atom is 0.333 e. The van der Waals surface area contributed by atoms with E-state index in [1.54, 1.807) is 30.3 Å². The van der Waals surface area contributed by atoms with Gasteiger partial charge in [0.1, 0.15) is 5.70 Å². The second-order valence-electron chi connectivity index (χ2n) is 7.77. The number of fused-ring (bicyclic) bond motifs is 1. The first-order valence-corrected chi connectivity index (χ1v) is 10.6. The molecule has 0 saturated carbocycles. The number of benzene rings is 3. The number of carbonyl (C=O) groups excluding carboxylic acids is 2. The first kappa shape index (κ1) is 20.1. The van der Waals surface area contributed by atoms with Gasteiger partial charge >= 0.3 is 6.03 Å². The predicted molar refractivity (Wildman–Crippen MR) is 128 cm³/mol. The van der Waals surface area contributed by atoms with E-state index in [4.69, 9.17) is 11.6 Å². The molecule has 1 aliphatic rings. The van der Waals surface area contributed by atoms with Crippen molar-refractivity contribution in [3.05, 3.63) is 100 Å². The lowest BCUT2D eigenvalue weighted by atomic mass is 10.1. The average Bonchev–Trinajstić information content (AvgIpc) is 3.22. The summed E-state index contributed by atoms with van der Waals surface area (Å²) < 4.78 is 2.17. The highest BCUT2D eigenvalue weighted by atomic mass is 35.5. The zero-order chi connectivity index (χ0) is 22.4. The molecule has 1 aliphatic heterocycles. The molecule has 1 N–H and O–H groups in total. The Kier molecular flexibility index (Phi) is 4.83. The summed E-state index contributed by atoms with van der Waals surface area (Å²) in [6.07, 6.45) is 1.74. The second kappa shape index (κ2) is 7.70. The standard InChI is InChI=1S/C26H20ClN3O2/c1-16-14-19(17(2)29(16)24-9-5-7-18-6-3-4-8-22(18)24)15-23-25(31)30(26(32)28-23)21-12-10-20(27)11-13-21/h3-15H,1-2H3,(H,28,32)/b23-15+. The van der Waals surface area contributed by atoms with Crippen LogP contribution in [-0.2, 0) is 4.79 Å². The van der Waals surface area contributed by atoms with Gasteiger partial charge in [-0.3, -0.25) is 4.79 Å². The molecule has 3 amide bonds. The lowest BCUT2D eigenvalue weighted by Crippen LogP contribution is -2.30. The molecule has 5 nitrogen and oxygen atoms in total. The summed E-state index contributed by atoms with van der Waals surface area (Å²) >= 11 is 5.93. The quantitative estimate of drug-likeness (QED) is 0.313. The minimum atomic E-state index is -0.480. The molecule has 6 heteroatoms. The topological polar surface area (TPSA) is 54.3 Å². The number of nitrogens with one attached hydrogen (secondary N) is 1. The maximum atomic E-state index is 13.0. The molecule has 3 aromatic carbocycles. The minimum Gasteiger partial charge on any atom is -0.317 e. The van der Waals surface area contributed by atoms with Crippen LogP contribution in [0.1, 0.15) is 17.0 Å². The van der Waals surface area contributed by atoms with E-state index in [0.717, 1.165) is 38.3 Å². The van der Waals surface area contributed by atoms with Gasteiger partial charge < -0.3 is 9.88 Å². The Bertz CT molecular complexity index is 1410. The monoisotopic (exact) mass is 441 g/mol. The van der Waals surface area contributed by atoms with Gasteiger partial charge in [-0.2, -0.15) is 0 Å². The molecule has 0 radical (unpaired) electrons. The fraction of sp³-hybridized carbons (Fsp3) is 0.0769. The van der Waals surface area contributed by atoms with E-state index in [1.165, 1.54) is 0 Å². The summed E-state index contributed by atoms with van der Waals surface area (Å²) in [5.41, 5.74) is 4.68. The van der Waals surface area contributed by atoms with E-state index in [-0.39, 0.29) is 5.70 Å². The number of anilines is 1. The first-order chi connectivity index (χ1) is 15.4. The Morgan fingerprint density at radius 1 is 0.906 bits per heavy atom. The fourth-order valence-electron chi connectivity index (χ4n) is 4.22. The Morgan fingerprint density at radius 2 is 1.62 bits per heavy atom. The number of imide groups is 1. The van der Waals surface area contributed by atoms with E-state index < -0.39 is 11.9 Å². The van der Waals surface area contributed by atoms with Crippen molar-refractivity contribution in [2.75, 3.05) is 4.90 Å². The number of aryl methyl sites for hydroxylation is 1. The summed E-state index contributed by atoms with van der Waals surface area (Å²) in [5, 5.41) is 5.55. The summed E-state index contributed by atoms with van der Waals surface area (Å²) in [6.45, 7) is 4.05. The molecule has 4 aromatic rings. The molecule has 0 spiro atoms. The van der Waals surface area contributed by atoms with Gasteiger partial charge in [0.2, 0.25) is 0 Å². The van der Waals surface area contributed by atoms with Crippen LogP contribution in [0.25, 0.3) is 22.5 Å². The molecule has 5 rings (SSSR count). The van der Waals surface area contributed by atoms with Crippen molar-refractivity contribution in [2.45, 2.75) is 13.8 Å². The van der Waals surface area contributed by atoms with Crippen LogP contribution in [0.4, 0.5) is 10.5 Å². The fourth-order valence-corrected chi connectivity index (χ4v) is 4.35. The van der Waals surface area contributed by atoms with E-state index >= 15 is 0 Å². The second-order valence-corrected chi connectivity index (χ2v) is 8.20. The molecule has 1 fully saturated rings. The largest absolute Gasteiger partial charge is 0.333 e. The number of nitrogens with zero attached hydrogens (tertiary/aromatic N) is 2. The maximum absolute atomic E-state index is 13.0. The lowest BCUT2D eigenvalue weighted by molar-refractivity contribution is -0.113. The Balaban J connectivity index is 1.55. The van der Waals surface area contributed by atoms with Gasteiger partial charge in [-0.1, -0.05) is 48.0 Å². The molecule has 0 aliphatic carbocycles. The number of carbonyl (C=O) groups is 2. The Labute approximate surface area is 190 Å². The third kappa shape index (κ3) is 3.27. The van der Waals surface area contributed by atoms with Gasteiger partial charge in [0.15, 0.2) is 0 Å². The number of halogens is 1. The van der Waals surface area contributed by atoms with Crippen molar-refractivity contribution in [3.8, 4) is 5.69 Å². The molecule has 32 heavy (non-hydrogen) atoms. The third-order valence-corrected chi connectivity index (χ3v) is 5.99. The van der Waals surface area contributed by atoms with Crippen molar-refractivity contribution in [3.63, 3.8) is 0 Å². The van der Waals surface area contributed by atoms with Crippen molar-refractivity contribution in [2.24, 2.45) is 0 Å². The van der Waals surface area contributed by atoms with Crippen molar-refractivity contribution in [1.82, 2.24) is 9.88 Å². The Morgan fingerprint density at radius 3 is 2.41 bits per heavy atom. The smallest absolute Gasteiger partial charge is 0.317 e. The van der Waals surface area contributed by atoms with E-state index in [1.807, 2.05) is 38.1 Å². The highest BCUT2D eigenvalue weighted by Crippen LogP contribution is 2.29. The van der Waals surface area contributed by atoms with Crippen LogP contribution in [0, 0.1) is 13.8 Å². The number of rotatable bonds is 3. The van der Waals surface area contributed by atoms with Crippen LogP contribution in [0.3, 0.4) is 0 Å². The Hall–Kier alpha value is -3.83. The van der Waals surface area contributed by atoms with Crippen molar-refractivity contribution < 1.29 is 9.59 Å². The van der Waals surface area contributed by atoms with Gasteiger partial charge in [-0.25, -0.2) is 9.69 Å². The van der Waals surface area contributed by atoms with E-state index in [9.17, 15) is 9.59 Å². The van der Waals surface area contributed by atoms with Crippen LogP contribution in [0.5, 0.6) is 0 Å². The zero-order valence-electron chi connectivity index (χ0n) is 17.6. The predicted octanol–water partition coefficient (Wildman–Crippen LogP) is 6.00. The molecule has 0 bridgehead atoms. The number of hydrogen-bond acceptors (Lipinski definition) is 2. The van der Waals surface area contributed by atoms with Gasteiger partial charge in [0.05, 0.1) is 11.4 Å². The number of urea groups is 1. The van der Waals surface area contributed by atoms with E-state index in [2.05, 4.69) is 34.1 Å². The summed E-state index contributed by atoms with van der Waals surface area (Å²) in [6, 6.07) is 22.6. The summed E-state index contributed by atoms with van der Waals surface area (Å²) in [7, 11) is 0. The number of aromatic nitrogens is 1. The zero-order valence-corrected chi connectivity index (χ0v) is 18.4. The molecule has 1 saturated heterocycles. The van der Waals surface area contributed by atoms with Crippen molar-refractivity contribution in [1.29, 1.82) is 0 Å². The van der Waals surface area contributed by atoms with Gasteiger partial charge in [0, 0.05) is 21.8 Å². The average molecular weight is 442 g/mol. The summed E-state index contributed by atoms with van der Waals surface area (Å²) in [4.78, 5) is 26.6. The number of amides is 3. The van der Waals surface area contributed by atoms with Crippen LogP contribution in [0.2, 0.25) is 5.02 Å². The molecule has 0 atom stereocenters. The summed E-state index contributed by atoms with van der Waals surface area (Å²) in [5.74, 6) is -0.396. The van der Waals surface area contributed by atoms with Gasteiger partial charge in [-0.15, -0.1) is 0 Å². The molecular weight excluding hydrogens is 422 g/mol. The minimum absolute atomic E-state index is 0.239. The SMILES string of the molecule is Cc1cc(/C=C2/NC(=O)N(c3ccc(Cl)cc3)C2=O)c(C)n1-c1cccc2ccccc12. The molecule has 1 aromatic heterocycles. The normalized spacial score (nSPS) is 15.1. The lowest BCUT2D eigenvalue weighted by Gasteiger charge is -2.13. The van der Waals surface area contributed by atoms with Crippen LogP contribution in [0.15, 0.2) is 78.5 Å².